The van der Waals surface area contributed by atoms with E-state index < -0.39 is 5.97 Å². The van der Waals surface area contributed by atoms with Gasteiger partial charge < -0.3 is 14.0 Å². The molecule has 0 N–H and O–H groups in total. The second-order valence-electron chi connectivity index (χ2n) is 6.21. The summed E-state index contributed by atoms with van der Waals surface area (Å²) in [7, 11) is 1.83. The normalized spacial score (nSPS) is 13.3. The molecule has 3 heterocycles. The van der Waals surface area contributed by atoms with E-state index in [1.165, 1.54) is 11.1 Å². The lowest BCUT2D eigenvalue weighted by molar-refractivity contribution is 0.0462. The van der Waals surface area contributed by atoms with Gasteiger partial charge in [0.15, 0.2) is 11.5 Å². The van der Waals surface area contributed by atoms with E-state index in [9.17, 15) is 4.79 Å². The Labute approximate surface area is 151 Å². The van der Waals surface area contributed by atoms with Crippen LogP contribution in [0.5, 0.6) is 0 Å². The van der Waals surface area contributed by atoms with E-state index >= 15 is 0 Å². The van der Waals surface area contributed by atoms with Gasteiger partial charge >= 0.3 is 5.97 Å². The second kappa shape index (κ2) is 7.09. The lowest BCUT2D eigenvalue weighted by Crippen LogP contribution is -2.14. The van der Waals surface area contributed by atoms with Crippen LogP contribution in [0.2, 0.25) is 0 Å². The minimum atomic E-state index is -0.438. The van der Waals surface area contributed by atoms with Gasteiger partial charge in [-0.15, -0.1) is 0 Å². The highest BCUT2D eigenvalue weighted by molar-refractivity contribution is 5.87. The molecule has 132 valence electrons. The van der Waals surface area contributed by atoms with Crippen LogP contribution >= 0.6 is 0 Å². The molecule has 0 aliphatic carbocycles. The van der Waals surface area contributed by atoms with Gasteiger partial charge in [0.1, 0.15) is 12.3 Å². The van der Waals surface area contributed by atoms with Crippen molar-refractivity contribution in [1.82, 2.24) is 14.5 Å². The quantitative estimate of drug-likeness (QED) is 0.678. The Kier molecular flexibility index (Phi) is 4.50. The molecular weight excluding hydrogens is 330 g/mol. The molecule has 0 bridgehead atoms. The van der Waals surface area contributed by atoms with Crippen molar-refractivity contribution in [2.45, 2.75) is 19.6 Å². The molecular formula is C20H19N3O3. The third-order valence-corrected chi connectivity index (χ3v) is 4.46. The van der Waals surface area contributed by atoms with Crippen molar-refractivity contribution >= 4 is 5.97 Å². The van der Waals surface area contributed by atoms with E-state index in [2.05, 4.69) is 16.0 Å². The molecule has 0 unspecified atom stereocenters. The van der Waals surface area contributed by atoms with E-state index in [0.717, 1.165) is 12.0 Å². The Hall–Kier alpha value is -2.99. The maximum Gasteiger partial charge on any atom is 0.358 e. The fourth-order valence-electron chi connectivity index (χ4n) is 3.15. The van der Waals surface area contributed by atoms with E-state index in [0.29, 0.717) is 24.7 Å². The zero-order valence-electron chi connectivity index (χ0n) is 14.5. The van der Waals surface area contributed by atoms with Crippen LogP contribution in [0.15, 0.2) is 48.8 Å². The van der Waals surface area contributed by atoms with Crippen LogP contribution < -0.4 is 0 Å². The maximum absolute atomic E-state index is 12.4. The molecule has 1 aromatic carbocycles. The van der Waals surface area contributed by atoms with Crippen molar-refractivity contribution in [3.8, 4) is 11.5 Å². The Morgan fingerprint density at radius 1 is 1.27 bits per heavy atom. The summed E-state index contributed by atoms with van der Waals surface area (Å²) in [5.41, 5.74) is 4.41. The molecule has 0 saturated carbocycles. The predicted octanol–water partition coefficient (Wildman–Crippen LogP) is 2.91. The first-order valence-corrected chi connectivity index (χ1v) is 8.51. The summed E-state index contributed by atoms with van der Waals surface area (Å²) in [5.74, 6) is 0.194. The summed E-state index contributed by atoms with van der Waals surface area (Å²) in [4.78, 5) is 21.1. The van der Waals surface area contributed by atoms with E-state index in [4.69, 9.17) is 9.47 Å². The van der Waals surface area contributed by atoms with Gasteiger partial charge in [-0.2, -0.15) is 0 Å². The lowest BCUT2D eigenvalue weighted by Gasteiger charge is -2.19. The number of ether oxygens (including phenoxy) is 2. The maximum atomic E-state index is 12.4. The number of fused-ring (bicyclic) bond motifs is 1. The van der Waals surface area contributed by atoms with Gasteiger partial charge in [-0.25, -0.2) is 9.78 Å². The van der Waals surface area contributed by atoms with Gasteiger partial charge in [0.05, 0.1) is 13.2 Å². The Morgan fingerprint density at radius 2 is 2.19 bits per heavy atom. The van der Waals surface area contributed by atoms with Crippen LogP contribution in [0.1, 0.15) is 27.2 Å². The molecule has 1 aliphatic rings. The van der Waals surface area contributed by atoms with Crippen LogP contribution in [-0.2, 0) is 36.2 Å². The van der Waals surface area contributed by atoms with E-state index in [1.807, 2.05) is 37.4 Å². The number of hydrogen-bond donors (Lipinski definition) is 0. The highest BCUT2D eigenvalue weighted by atomic mass is 16.5. The zero-order chi connectivity index (χ0) is 17.9. The molecule has 4 rings (SSSR count). The number of hydrogen-bond acceptors (Lipinski definition) is 5. The highest BCUT2D eigenvalue weighted by Crippen LogP contribution is 2.22. The highest BCUT2D eigenvalue weighted by Gasteiger charge is 2.18. The van der Waals surface area contributed by atoms with Gasteiger partial charge in [-0.3, -0.25) is 4.98 Å². The molecule has 6 nitrogen and oxygen atoms in total. The summed E-state index contributed by atoms with van der Waals surface area (Å²) in [6, 6.07) is 11.6. The Bertz CT molecular complexity index is 935. The number of nitrogens with zero attached hydrogens (tertiary/aromatic N) is 3. The van der Waals surface area contributed by atoms with Crippen LogP contribution in [-0.4, -0.2) is 27.1 Å². The summed E-state index contributed by atoms with van der Waals surface area (Å²) < 4.78 is 12.8. The van der Waals surface area contributed by atoms with Crippen molar-refractivity contribution in [1.29, 1.82) is 0 Å². The minimum absolute atomic E-state index is 0.234. The lowest BCUT2D eigenvalue weighted by atomic mass is 9.98. The van der Waals surface area contributed by atoms with Crippen molar-refractivity contribution in [3.05, 3.63) is 71.2 Å². The Morgan fingerprint density at radius 3 is 3.04 bits per heavy atom. The summed E-state index contributed by atoms with van der Waals surface area (Å²) in [6.07, 6.45) is 4.21. The average molecular weight is 349 g/mol. The van der Waals surface area contributed by atoms with Gasteiger partial charge in [0.2, 0.25) is 0 Å². The monoisotopic (exact) mass is 349 g/mol. The molecule has 26 heavy (non-hydrogen) atoms. The van der Waals surface area contributed by atoms with Crippen LogP contribution in [0.25, 0.3) is 11.5 Å². The number of carbonyl (C=O) groups is 1. The largest absolute Gasteiger partial charge is 0.456 e. The fourth-order valence-corrected chi connectivity index (χ4v) is 3.15. The van der Waals surface area contributed by atoms with Crippen molar-refractivity contribution in [2.24, 2.45) is 7.05 Å². The van der Waals surface area contributed by atoms with Crippen molar-refractivity contribution < 1.29 is 14.3 Å². The fraction of sp³-hybridized carbons (Fsp3) is 0.250. The third-order valence-electron chi connectivity index (χ3n) is 4.46. The molecule has 0 atom stereocenters. The number of aryl methyl sites for hydroxylation is 1. The van der Waals surface area contributed by atoms with Gasteiger partial charge in [0, 0.05) is 19.4 Å². The van der Waals surface area contributed by atoms with E-state index in [1.54, 1.807) is 17.0 Å². The molecule has 0 spiro atoms. The number of benzene rings is 1. The first kappa shape index (κ1) is 16.5. The molecule has 0 saturated heterocycles. The first-order valence-electron chi connectivity index (χ1n) is 8.51. The average Bonchev–Trinajstić information content (AvgIpc) is 3.08. The van der Waals surface area contributed by atoms with E-state index in [-0.39, 0.29) is 12.3 Å². The minimum Gasteiger partial charge on any atom is -0.456 e. The van der Waals surface area contributed by atoms with Crippen LogP contribution in [0, 0.1) is 0 Å². The topological polar surface area (TPSA) is 66.2 Å². The number of aromatic nitrogens is 3. The van der Waals surface area contributed by atoms with Crippen molar-refractivity contribution in [3.63, 3.8) is 0 Å². The molecule has 0 amide bonds. The van der Waals surface area contributed by atoms with Crippen LogP contribution in [0.3, 0.4) is 0 Å². The zero-order valence-corrected chi connectivity index (χ0v) is 14.5. The predicted molar refractivity (Wildman–Crippen MR) is 95.4 cm³/mol. The molecule has 2 aromatic heterocycles. The van der Waals surface area contributed by atoms with Crippen molar-refractivity contribution in [2.75, 3.05) is 6.61 Å². The second-order valence-corrected chi connectivity index (χ2v) is 6.21. The smallest absolute Gasteiger partial charge is 0.358 e. The molecule has 0 radical (unpaired) electrons. The summed E-state index contributed by atoms with van der Waals surface area (Å²) >= 11 is 0. The molecule has 1 aliphatic heterocycles. The number of carbonyl (C=O) groups excluding carboxylic acids is 1. The first-order chi connectivity index (χ1) is 12.7. The number of rotatable bonds is 4. The number of imidazole rings is 1. The summed E-state index contributed by atoms with van der Waals surface area (Å²) in [6.45, 7) is 1.55. The SMILES string of the molecule is Cn1cc(C(=O)OCc2cccc3c2CCOC3)nc1-c1ccccn1. The molecule has 6 heteroatoms. The van der Waals surface area contributed by atoms with Crippen LogP contribution in [0.4, 0.5) is 0 Å². The number of esters is 1. The third kappa shape index (κ3) is 3.23. The van der Waals surface area contributed by atoms with Gasteiger partial charge in [-0.05, 0) is 35.2 Å². The molecule has 3 aromatic rings. The van der Waals surface area contributed by atoms with Gasteiger partial charge in [-0.1, -0.05) is 24.3 Å². The van der Waals surface area contributed by atoms with Gasteiger partial charge in [0.25, 0.3) is 0 Å². The number of pyridine rings is 1. The molecule has 0 fully saturated rings. The standard InChI is InChI=1S/C20H19N3O3/c1-23-11-18(22-19(23)17-7-2-3-9-21-17)20(24)26-13-15-6-4-5-14-12-25-10-8-16(14)15/h2-7,9,11H,8,10,12-13H2,1H3. The summed E-state index contributed by atoms with van der Waals surface area (Å²) in [5, 5.41) is 0. The Balaban J connectivity index is 1.50.